The van der Waals surface area contributed by atoms with Gasteiger partial charge in [0, 0.05) is 45.4 Å². The van der Waals surface area contributed by atoms with E-state index in [1.807, 2.05) is 24.3 Å². The number of aromatic hydroxyl groups is 1. The summed E-state index contributed by atoms with van der Waals surface area (Å²) in [4.78, 5) is 15.0. The lowest BCUT2D eigenvalue weighted by atomic mass is 10.1. The van der Waals surface area contributed by atoms with E-state index in [-0.39, 0.29) is 23.6 Å². The van der Waals surface area contributed by atoms with Crippen molar-refractivity contribution in [1.82, 2.24) is 4.90 Å². The van der Waals surface area contributed by atoms with Crippen molar-refractivity contribution in [1.29, 1.82) is 0 Å². The smallest absolute Gasteiger partial charge is 0.195 e. The predicted octanol–water partition coefficient (Wildman–Crippen LogP) is 3.37. The maximum absolute atomic E-state index is 12.7. The van der Waals surface area contributed by atoms with Crippen LogP contribution in [0.3, 0.4) is 0 Å². The van der Waals surface area contributed by atoms with Crippen LogP contribution in [0.1, 0.15) is 5.56 Å². The Balaban J connectivity index is 0.00000169. The van der Waals surface area contributed by atoms with E-state index in [9.17, 15) is 9.90 Å². The maximum atomic E-state index is 12.7. The van der Waals surface area contributed by atoms with Gasteiger partial charge in [-0.3, -0.25) is 9.69 Å². The van der Waals surface area contributed by atoms with Gasteiger partial charge < -0.3 is 9.84 Å². The number of rotatable bonds is 2. The van der Waals surface area contributed by atoms with Crippen molar-refractivity contribution in [3.63, 3.8) is 0 Å². The Morgan fingerprint density at radius 2 is 1.83 bits per heavy atom. The fourth-order valence-electron chi connectivity index (χ4n) is 3.05. The maximum Gasteiger partial charge on any atom is 0.195 e. The van der Waals surface area contributed by atoms with Crippen LogP contribution in [0.5, 0.6) is 5.75 Å². The molecular formula is C18H18ClNO3S. The molecule has 1 aliphatic rings. The molecule has 0 amide bonds. The molecule has 1 fully saturated rings. The number of hydrogen-bond acceptors (Lipinski definition) is 5. The van der Waals surface area contributed by atoms with Crippen LogP contribution in [0.2, 0.25) is 0 Å². The summed E-state index contributed by atoms with van der Waals surface area (Å²) in [5, 5.41) is 11.8. The van der Waals surface area contributed by atoms with Crippen LogP contribution in [0, 0.1) is 0 Å². The molecular weight excluding hydrogens is 346 g/mol. The minimum absolute atomic E-state index is 0. The van der Waals surface area contributed by atoms with Crippen LogP contribution in [-0.4, -0.2) is 36.3 Å². The number of hydrogen-bond donors (Lipinski definition) is 1. The SMILES string of the molecule is Cl.O=c1c2ccccc2sc2c(CN3CCOCC3)c(O)ccc12. The van der Waals surface area contributed by atoms with Crippen LogP contribution in [0.25, 0.3) is 20.2 Å². The fourth-order valence-corrected chi connectivity index (χ4v) is 4.25. The molecule has 0 unspecified atom stereocenters. The van der Waals surface area contributed by atoms with Crippen molar-refractivity contribution in [2.45, 2.75) is 6.54 Å². The van der Waals surface area contributed by atoms with E-state index >= 15 is 0 Å². The van der Waals surface area contributed by atoms with Gasteiger partial charge >= 0.3 is 0 Å². The number of morpholine rings is 1. The van der Waals surface area contributed by atoms with Crippen molar-refractivity contribution >= 4 is 43.9 Å². The van der Waals surface area contributed by atoms with Crippen molar-refractivity contribution in [3.05, 3.63) is 52.2 Å². The molecule has 6 heteroatoms. The minimum Gasteiger partial charge on any atom is -0.508 e. The quantitative estimate of drug-likeness (QED) is 0.709. The van der Waals surface area contributed by atoms with Gasteiger partial charge in [-0.15, -0.1) is 23.7 Å². The van der Waals surface area contributed by atoms with Gasteiger partial charge in [0.2, 0.25) is 0 Å². The molecule has 3 aromatic rings. The highest BCUT2D eigenvalue weighted by molar-refractivity contribution is 7.24. The number of halogens is 1. The third kappa shape index (κ3) is 3.00. The summed E-state index contributed by atoms with van der Waals surface area (Å²) in [6, 6.07) is 11.0. The van der Waals surface area contributed by atoms with Gasteiger partial charge in [0.05, 0.1) is 13.2 Å². The van der Waals surface area contributed by atoms with Crippen LogP contribution in [0.15, 0.2) is 41.2 Å². The molecule has 1 aromatic heterocycles. The second-order valence-electron chi connectivity index (χ2n) is 5.76. The average molecular weight is 364 g/mol. The number of phenolic OH excluding ortho intramolecular Hbond substituents is 1. The summed E-state index contributed by atoms with van der Waals surface area (Å²) in [5.74, 6) is 0.259. The number of benzene rings is 2. The van der Waals surface area contributed by atoms with Crippen molar-refractivity contribution in [2.75, 3.05) is 26.3 Å². The lowest BCUT2D eigenvalue weighted by Gasteiger charge is -2.27. The highest BCUT2D eigenvalue weighted by atomic mass is 35.5. The highest BCUT2D eigenvalue weighted by Crippen LogP contribution is 2.33. The lowest BCUT2D eigenvalue weighted by Crippen LogP contribution is -2.35. The normalized spacial score (nSPS) is 15.5. The van der Waals surface area contributed by atoms with E-state index in [1.165, 1.54) is 0 Å². The molecule has 0 bridgehead atoms. The highest BCUT2D eigenvalue weighted by Gasteiger charge is 2.17. The Morgan fingerprint density at radius 1 is 1.08 bits per heavy atom. The van der Waals surface area contributed by atoms with Crippen molar-refractivity contribution < 1.29 is 9.84 Å². The summed E-state index contributed by atoms with van der Waals surface area (Å²) in [7, 11) is 0. The van der Waals surface area contributed by atoms with E-state index in [1.54, 1.807) is 23.5 Å². The molecule has 0 aliphatic carbocycles. The Kier molecular flexibility index (Phi) is 5.06. The Bertz CT molecular complexity index is 935. The molecule has 0 saturated carbocycles. The first-order valence-corrected chi connectivity index (χ1v) is 8.52. The largest absolute Gasteiger partial charge is 0.508 e. The Hall–Kier alpha value is -1.66. The number of ether oxygens (including phenoxy) is 1. The average Bonchev–Trinajstić information content (AvgIpc) is 2.59. The second-order valence-corrected chi connectivity index (χ2v) is 6.81. The van der Waals surface area contributed by atoms with E-state index in [2.05, 4.69) is 4.90 Å². The monoisotopic (exact) mass is 363 g/mol. The first-order chi connectivity index (χ1) is 11.2. The number of fused-ring (bicyclic) bond motifs is 2. The molecule has 2 aromatic carbocycles. The summed E-state index contributed by atoms with van der Waals surface area (Å²) >= 11 is 1.58. The molecule has 2 heterocycles. The zero-order valence-electron chi connectivity index (χ0n) is 13.0. The van der Waals surface area contributed by atoms with Gasteiger partial charge in [0.25, 0.3) is 0 Å². The molecule has 0 atom stereocenters. The summed E-state index contributed by atoms with van der Waals surface area (Å²) < 4.78 is 7.23. The molecule has 4 nitrogen and oxygen atoms in total. The first kappa shape index (κ1) is 17.2. The van der Waals surface area contributed by atoms with Gasteiger partial charge in [0.1, 0.15) is 5.75 Å². The Morgan fingerprint density at radius 3 is 2.62 bits per heavy atom. The van der Waals surface area contributed by atoms with Gasteiger partial charge in [-0.25, -0.2) is 0 Å². The van der Waals surface area contributed by atoms with E-state index < -0.39 is 0 Å². The third-order valence-electron chi connectivity index (χ3n) is 4.31. The van der Waals surface area contributed by atoms with Crippen LogP contribution >= 0.6 is 23.7 Å². The number of nitrogens with zero attached hydrogens (tertiary/aromatic N) is 1. The van der Waals surface area contributed by atoms with Gasteiger partial charge in [-0.05, 0) is 24.3 Å². The zero-order valence-corrected chi connectivity index (χ0v) is 14.7. The van der Waals surface area contributed by atoms with Crippen LogP contribution < -0.4 is 5.43 Å². The fraction of sp³-hybridized carbons (Fsp3) is 0.278. The van der Waals surface area contributed by atoms with E-state index in [0.29, 0.717) is 25.1 Å². The van der Waals surface area contributed by atoms with E-state index in [0.717, 1.165) is 33.4 Å². The topological polar surface area (TPSA) is 49.8 Å². The summed E-state index contributed by atoms with van der Waals surface area (Å²) in [6.45, 7) is 3.76. The standard InChI is InChI=1S/C18H17NO3S.ClH/c20-15-6-5-13-17(21)12-3-1-2-4-16(12)23-18(13)14(15)11-19-7-9-22-10-8-19;/h1-6,20H,7-11H2;1H. The molecule has 0 radical (unpaired) electrons. The van der Waals surface area contributed by atoms with Gasteiger partial charge in [0.15, 0.2) is 5.43 Å². The molecule has 1 aliphatic heterocycles. The van der Waals surface area contributed by atoms with Gasteiger partial charge in [-0.1, -0.05) is 12.1 Å². The molecule has 1 saturated heterocycles. The lowest BCUT2D eigenvalue weighted by molar-refractivity contribution is 0.0341. The van der Waals surface area contributed by atoms with Gasteiger partial charge in [-0.2, -0.15) is 0 Å². The van der Waals surface area contributed by atoms with Crippen molar-refractivity contribution in [3.8, 4) is 5.75 Å². The summed E-state index contributed by atoms with van der Waals surface area (Å²) in [6.07, 6.45) is 0. The van der Waals surface area contributed by atoms with Crippen LogP contribution in [-0.2, 0) is 11.3 Å². The third-order valence-corrected chi connectivity index (χ3v) is 5.56. The predicted molar refractivity (Wildman–Crippen MR) is 101 cm³/mol. The first-order valence-electron chi connectivity index (χ1n) is 7.70. The van der Waals surface area contributed by atoms with Crippen molar-refractivity contribution in [2.24, 2.45) is 0 Å². The van der Waals surface area contributed by atoms with E-state index in [4.69, 9.17) is 4.74 Å². The second kappa shape index (κ2) is 7.07. The van der Waals surface area contributed by atoms with Crippen LogP contribution in [0.4, 0.5) is 0 Å². The molecule has 126 valence electrons. The minimum atomic E-state index is 0. The molecule has 1 N–H and O–H groups in total. The molecule has 4 rings (SSSR count). The zero-order chi connectivity index (χ0) is 15.8. The summed E-state index contributed by atoms with van der Waals surface area (Å²) in [5.41, 5.74) is 0.884. The number of phenols is 1. The molecule has 0 spiro atoms. The molecule has 24 heavy (non-hydrogen) atoms. The Labute approximate surface area is 149 Å².